The van der Waals surface area contributed by atoms with Crippen molar-refractivity contribution >= 4 is 21.4 Å². The fraction of sp³-hybridized carbons (Fsp3) is 0.294. The van der Waals surface area contributed by atoms with Crippen molar-refractivity contribution in [2.75, 3.05) is 11.5 Å². The molecule has 0 amide bonds. The molecule has 0 bridgehead atoms. The summed E-state index contributed by atoms with van der Waals surface area (Å²) in [6.45, 7) is 0. The molecule has 6 nitrogen and oxygen atoms in total. The molecule has 0 saturated carbocycles. The van der Waals surface area contributed by atoms with Crippen molar-refractivity contribution in [2.24, 2.45) is 7.05 Å². The van der Waals surface area contributed by atoms with E-state index in [1.165, 1.54) is 0 Å². The van der Waals surface area contributed by atoms with Crippen LogP contribution in [0.3, 0.4) is 0 Å². The van der Waals surface area contributed by atoms with Gasteiger partial charge in [-0.1, -0.05) is 41.9 Å². The third kappa shape index (κ3) is 2.98. The van der Waals surface area contributed by atoms with E-state index in [0.717, 1.165) is 17.0 Å². The first-order chi connectivity index (χ1) is 11.9. The highest BCUT2D eigenvalue weighted by atomic mass is 35.5. The molecule has 4 rings (SSSR count). The molecule has 3 heterocycles. The van der Waals surface area contributed by atoms with Crippen molar-refractivity contribution in [3.8, 4) is 22.6 Å². The van der Waals surface area contributed by atoms with Crippen LogP contribution < -0.4 is 0 Å². The quantitative estimate of drug-likeness (QED) is 0.704. The molecule has 0 spiro atoms. The Morgan fingerprint density at radius 2 is 1.96 bits per heavy atom. The molecule has 1 fully saturated rings. The molecule has 0 unspecified atom stereocenters. The summed E-state index contributed by atoms with van der Waals surface area (Å²) in [5.41, 5.74) is 3.08. The number of aromatic nitrogens is 4. The Morgan fingerprint density at radius 3 is 2.56 bits per heavy atom. The Kier molecular flexibility index (Phi) is 3.92. The first kappa shape index (κ1) is 16.4. The van der Waals surface area contributed by atoms with E-state index >= 15 is 0 Å². The molecule has 1 atom stereocenters. The molecule has 1 saturated heterocycles. The van der Waals surface area contributed by atoms with Gasteiger partial charge in [-0.25, -0.2) is 13.4 Å². The number of sulfone groups is 1. The third-order valence-corrected chi connectivity index (χ3v) is 6.48. The zero-order valence-electron chi connectivity index (χ0n) is 13.6. The van der Waals surface area contributed by atoms with Crippen LogP contribution in [0.15, 0.2) is 42.9 Å². The van der Waals surface area contributed by atoms with Crippen LogP contribution in [0.1, 0.15) is 12.5 Å². The first-order valence-electron chi connectivity index (χ1n) is 7.97. The van der Waals surface area contributed by atoms with Crippen molar-refractivity contribution in [3.05, 3.63) is 47.9 Å². The van der Waals surface area contributed by atoms with Gasteiger partial charge in [0.25, 0.3) is 0 Å². The SMILES string of the molecule is Cn1cc(Cl)c(-c2c(-c3ccccc3)ncn2[C@H]2CCS(=O)(=O)C2)n1. The number of rotatable bonds is 3. The summed E-state index contributed by atoms with van der Waals surface area (Å²) < 4.78 is 27.4. The number of hydrogen-bond donors (Lipinski definition) is 0. The van der Waals surface area contributed by atoms with Crippen molar-refractivity contribution in [2.45, 2.75) is 12.5 Å². The fourth-order valence-corrected chi connectivity index (χ4v) is 5.27. The molecule has 25 heavy (non-hydrogen) atoms. The number of halogens is 1. The van der Waals surface area contributed by atoms with E-state index in [1.54, 1.807) is 24.3 Å². The van der Waals surface area contributed by atoms with Gasteiger partial charge >= 0.3 is 0 Å². The second-order valence-corrected chi connectivity index (χ2v) is 8.91. The van der Waals surface area contributed by atoms with E-state index in [9.17, 15) is 8.42 Å². The minimum Gasteiger partial charge on any atom is -0.325 e. The molecule has 0 aliphatic carbocycles. The van der Waals surface area contributed by atoms with Gasteiger partial charge in [0.2, 0.25) is 0 Å². The number of nitrogens with zero attached hydrogens (tertiary/aromatic N) is 4. The van der Waals surface area contributed by atoms with Gasteiger partial charge in [-0.15, -0.1) is 0 Å². The Hall–Kier alpha value is -2.12. The van der Waals surface area contributed by atoms with E-state index in [1.807, 2.05) is 34.9 Å². The lowest BCUT2D eigenvalue weighted by atomic mass is 10.1. The summed E-state index contributed by atoms with van der Waals surface area (Å²) >= 11 is 6.39. The standard InChI is InChI=1S/C17H17ClN4O2S/c1-21-9-14(18)16(20-21)17-15(12-5-3-2-4-6-12)19-11-22(17)13-7-8-25(23,24)10-13/h2-6,9,11,13H,7-8,10H2,1H3/t13-/m0/s1. The number of benzene rings is 1. The van der Waals surface area contributed by atoms with Crippen molar-refractivity contribution in [3.63, 3.8) is 0 Å². The van der Waals surface area contributed by atoms with Crippen LogP contribution in [0.4, 0.5) is 0 Å². The maximum absolute atomic E-state index is 11.9. The van der Waals surface area contributed by atoms with Gasteiger partial charge in [-0.2, -0.15) is 5.10 Å². The second-order valence-electron chi connectivity index (χ2n) is 6.27. The number of hydrogen-bond acceptors (Lipinski definition) is 4. The van der Waals surface area contributed by atoms with Gasteiger partial charge < -0.3 is 4.57 Å². The third-order valence-electron chi connectivity index (χ3n) is 4.45. The van der Waals surface area contributed by atoms with Crippen LogP contribution >= 0.6 is 11.6 Å². The number of imidazole rings is 1. The summed E-state index contributed by atoms with van der Waals surface area (Å²) in [7, 11) is -1.21. The van der Waals surface area contributed by atoms with Crippen LogP contribution in [-0.2, 0) is 16.9 Å². The van der Waals surface area contributed by atoms with Crippen LogP contribution in [0.5, 0.6) is 0 Å². The largest absolute Gasteiger partial charge is 0.325 e. The average molecular weight is 377 g/mol. The topological polar surface area (TPSA) is 69.8 Å². The lowest BCUT2D eigenvalue weighted by Gasteiger charge is -2.14. The molecule has 0 N–H and O–H groups in total. The second kappa shape index (κ2) is 6.00. The van der Waals surface area contributed by atoms with Gasteiger partial charge in [0, 0.05) is 18.8 Å². The molecular weight excluding hydrogens is 360 g/mol. The zero-order chi connectivity index (χ0) is 17.6. The van der Waals surface area contributed by atoms with Crippen LogP contribution in [0, 0.1) is 0 Å². The summed E-state index contributed by atoms with van der Waals surface area (Å²) in [5, 5.41) is 5.00. The molecule has 3 aromatic rings. The van der Waals surface area contributed by atoms with E-state index in [4.69, 9.17) is 11.6 Å². The molecule has 1 aliphatic heterocycles. The molecule has 8 heteroatoms. The highest BCUT2D eigenvalue weighted by Gasteiger charge is 2.32. The van der Waals surface area contributed by atoms with E-state index in [0.29, 0.717) is 17.1 Å². The Morgan fingerprint density at radius 1 is 1.20 bits per heavy atom. The first-order valence-corrected chi connectivity index (χ1v) is 10.2. The Labute approximate surface area is 151 Å². The van der Waals surface area contributed by atoms with Crippen LogP contribution in [0.2, 0.25) is 5.02 Å². The predicted molar refractivity (Wildman–Crippen MR) is 97.2 cm³/mol. The summed E-state index contributed by atoms with van der Waals surface area (Å²) in [5.74, 6) is 0.320. The smallest absolute Gasteiger partial charge is 0.152 e. The summed E-state index contributed by atoms with van der Waals surface area (Å²) in [6.07, 6.45) is 4.01. The van der Waals surface area contributed by atoms with Crippen LogP contribution in [0.25, 0.3) is 22.6 Å². The van der Waals surface area contributed by atoms with Gasteiger partial charge in [0.05, 0.1) is 40.3 Å². The van der Waals surface area contributed by atoms with Gasteiger partial charge in [0.15, 0.2) is 9.84 Å². The molecule has 0 radical (unpaired) electrons. The Bertz CT molecular complexity index is 1020. The monoisotopic (exact) mass is 376 g/mol. The maximum atomic E-state index is 11.9. The molecular formula is C17H17ClN4O2S. The highest BCUT2D eigenvalue weighted by molar-refractivity contribution is 7.91. The lowest BCUT2D eigenvalue weighted by Crippen LogP contribution is -2.11. The molecule has 130 valence electrons. The van der Waals surface area contributed by atoms with Gasteiger partial charge in [0.1, 0.15) is 5.69 Å². The van der Waals surface area contributed by atoms with Gasteiger partial charge in [-0.05, 0) is 6.42 Å². The zero-order valence-corrected chi connectivity index (χ0v) is 15.2. The predicted octanol–water partition coefficient (Wildman–Crippen LogP) is 2.96. The van der Waals surface area contributed by atoms with E-state index < -0.39 is 9.84 Å². The van der Waals surface area contributed by atoms with E-state index in [-0.39, 0.29) is 17.5 Å². The Balaban J connectivity index is 1.91. The van der Waals surface area contributed by atoms with Crippen LogP contribution in [-0.4, -0.2) is 39.3 Å². The highest BCUT2D eigenvalue weighted by Crippen LogP contribution is 2.38. The summed E-state index contributed by atoms with van der Waals surface area (Å²) in [4.78, 5) is 4.57. The number of aryl methyl sites for hydroxylation is 1. The maximum Gasteiger partial charge on any atom is 0.152 e. The van der Waals surface area contributed by atoms with Crippen molar-refractivity contribution in [1.82, 2.24) is 19.3 Å². The minimum absolute atomic E-state index is 0.120. The summed E-state index contributed by atoms with van der Waals surface area (Å²) in [6, 6.07) is 9.62. The average Bonchev–Trinajstić information content (AvgIpc) is 3.24. The fourth-order valence-electron chi connectivity index (χ4n) is 3.29. The normalized spacial score (nSPS) is 19.4. The minimum atomic E-state index is -3.01. The lowest BCUT2D eigenvalue weighted by molar-refractivity contribution is 0.558. The van der Waals surface area contributed by atoms with Gasteiger partial charge in [-0.3, -0.25) is 4.68 Å². The van der Waals surface area contributed by atoms with Crippen molar-refractivity contribution in [1.29, 1.82) is 0 Å². The molecule has 1 aliphatic rings. The molecule has 1 aromatic carbocycles. The molecule has 2 aromatic heterocycles. The van der Waals surface area contributed by atoms with E-state index in [2.05, 4.69) is 10.1 Å². The van der Waals surface area contributed by atoms with Crippen molar-refractivity contribution < 1.29 is 8.42 Å².